The first-order chi connectivity index (χ1) is 7.09. The van der Waals surface area contributed by atoms with Crippen molar-refractivity contribution in [3.05, 3.63) is 0 Å². The van der Waals surface area contributed by atoms with E-state index >= 15 is 0 Å². The number of carbonyl (C=O) groups is 1. The second-order valence-electron chi connectivity index (χ2n) is 4.64. The molecule has 0 unspecified atom stereocenters. The van der Waals surface area contributed by atoms with Crippen LogP contribution in [0.2, 0.25) is 0 Å². The second kappa shape index (κ2) is 5.47. The normalized spacial score (nSPS) is 19.9. The predicted molar refractivity (Wildman–Crippen MR) is 59.6 cm³/mol. The molecule has 2 N–H and O–H groups in total. The first-order valence-corrected chi connectivity index (χ1v) is 5.66. The van der Waals surface area contributed by atoms with Crippen LogP contribution in [0.3, 0.4) is 0 Å². The second-order valence-corrected chi connectivity index (χ2v) is 4.64. The standard InChI is InChI=1S/C11H22N2O2/c1-13(2)10(15)8-12-11(9-14)6-4-3-5-7-11/h12,14H,3-9H2,1-2H3. The van der Waals surface area contributed by atoms with Gasteiger partial charge in [-0.15, -0.1) is 0 Å². The molecular weight excluding hydrogens is 192 g/mol. The number of hydrogen-bond donors (Lipinski definition) is 2. The zero-order valence-corrected chi connectivity index (χ0v) is 9.75. The Morgan fingerprint density at radius 3 is 2.40 bits per heavy atom. The third-order valence-electron chi connectivity index (χ3n) is 3.23. The SMILES string of the molecule is CN(C)C(=O)CNC1(CO)CCCCC1. The highest BCUT2D eigenvalue weighted by Gasteiger charge is 2.31. The molecule has 1 fully saturated rings. The molecule has 0 aromatic heterocycles. The zero-order valence-electron chi connectivity index (χ0n) is 9.75. The number of rotatable bonds is 4. The van der Waals surface area contributed by atoms with Crippen LogP contribution in [0, 0.1) is 0 Å². The Morgan fingerprint density at radius 2 is 1.93 bits per heavy atom. The average Bonchev–Trinajstić information content (AvgIpc) is 2.27. The van der Waals surface area contributed by atoms with Gasteiger partial charge in [0.05, 0.1) is 13.2 Å². The van der Waals surface area contributed by atoms with E-state index in [0.29, 0.717) is 6.54 Å². The van der Waals surface area contributed by atoms with Gasteiger partial charge in [0.25, 0.3) is 0 Å². The highest BCUT2D eigenvalue weighted by molar-refractivity contribution is 5.77. The van der Waals surface area contributed by atoms with Gasteiger partial charge in [0.2, 0.25) is 5.91 Å². The van der Waals surface area contributed by atoms with Gasteiger partial charge in [0.1, 0.15) is 0 Å². The lowest BCUT2D eigenvalue weighted by molar-refractivity contribution is -0.128. The zero-order chi connectivity index (χ0) is 11.3. The summed E-state index contributed by atoms with van der Waals surface area (Å²) >= 11 is 0. The van der Waals surface area contributed by atoms with Gasteiger partial charge in [0.15, 0.2) is 0 Å². The molecular formula is C11H22N2O2. The summed E-state index contributed by atoms with van der Waals surface area (Å²) in [5.74, 6) is 0.0633. The Hall–Kier alpha value is -0.610. The third kappa shape index (κ3) is 3.47. The number of likely N-dealkylation sites (N-methyl/N-ethyl adjacent to an activating group) is 1. The van der Waals surface area contributed by atoms with Crippen LogP contribution in [0.15, 0.2) is 0 Å². The van der Waals surface area contributed by atoms with Crippen LogP contribution in [0.4, 0.5) is 0 Å². The average molecular weight is 214 g/mol. The Labute approximate surface area is 91.6 Å². The fourth-order valence-electron chi connectivity index (χ4n) is 2.04. The van der Waals surface area contributed by atoms with E-state index in [9.17, 15) is 9.90 Å². The van der Waals surface area contributed by atoms with Gasteiger partial charge < -0.3 is 15.3 Å². The number of nitrogens with zero attached hydrogens (tertiary/aromatic N) is 1. The molecule has 0 atom stereocenters. The molecule has 0 spiro atoms. The summed E-state index contributed by atoms with van der Waals surface area (Å²) in [6.07, 6.45) is 5.48. The number of aliphatic hydroxyl groups excluding tert-OH is 1. The smallest absolute Gasteiger partial charge is 0.236 e. The Kier molecular flexibility index (Phi) is 4.54. The van der Waals surface area contributed by atoms with Gasteiger partial charge in [-0.1, -0.05) is 19.3 Å². The van der Waals surface area contributed by atoms with E-state index in [4.69, 9.17) is 0 Å². The molecule has 88 valence electrons. The molecule has 1 rings (SSSR count). The number of amides is 1. The molecule has 0 heterocycles. The van der Waals surface area contributed by atoms with Gasteiger partial charge >= 0.3 is 0 Å². The van der Waals surface area contributed by atoms with Gasteiger partial charge in [-0.25, -0.2) is 0 Å². The van der Waals surface area contributed by atoms with Crippen molar-refractivity contribution in [1.82, 2.24) is 10.2 Å². The van der Waals surface area contributed by atoms with Crippen molar-refractivity contribution < 1.29 is 9.90 Å². The maximum absolute atomic E-state index is 11.4. The fraction of sp³-hybridized carbons (Fsp3) is 0.909. The molecule has 1 saturated carbocycles. The lowest BCUT2D eigenvalue weighted by Gasteiger charge is -2.36. The quantitative estimate of drug-likeness (QED) is 0.710. The third-order valence-corrected chi connectivity index (χ3v) is 3.23. The Balaban J connectivity index is 2.42. The van der Waals surface area contributed by atoms with Crippen molar-refractivity contribution in [3.63, 3.8) is 0 Å². The van der Waals surface area contributed by atoms with Gasteiger partial charge in [0, 0.05) is 19.6 Å². The van der Waals surface area contributed by atoms with Crippen molar-refractivity contribution in [2.24, 2.45) is 0 Å². The fourth-order valence-corrected chi connectivity index (χ4v) is 2.04. The largest absolute Gasteiger partial charge is 0.394 e. The topological polar surface area (TPSA) is 52.6 Å². The van der Waals surface area contributed by atoms with Gasteiger partial charge in [-0.3, -0.25) is 4.79 Å². The summed E-state index contributed by atoms with van der Waals surface area (Å²) in [4.78, 5) is 13.0. The molecule has 0 aromatic rings. The van der Waals surface area contributed by atoms with Gasteiger partial charge in [-0.05, 0) is 12.8 Å². The van der Waals surface area contributed by atoms with Crippen LogP contribution in [0.1, 0.15) is 32.1 Å². The van der Waals surface area contributed by atoms with Gasteiger partial charge in [-0.2, -0.15) is 0 Å². The van der Waals surface area contributed by atoms with Crippen molar-refractivity contribution in [3.8, 4) is 0 Å². The van der Waals surface area contributed by atoms with E-state index < -0.39 is 0 Å². The molecule has 4 heteroatoms. The molecule has 4 nitrogen and oxygen atoms in total. The van der Waals surface area contributed by atoms with Crippen LogP contribution < -0.4 is 5.32 Å². The van der Waals surface area contributed by atoms with Crippen LogP contribution in [0.25, 0.3) is 0 Å². The molecule has 1 amide bonds. The lowest BCUT2D eigenvalue weighted by atomic mass is 9.82. The maximum Gasteiger partial charge on any atom is 0.236 e. The van der Waals surface area contributed by atoms with Crippen LogP contribution in [-0.2, 0) is 4.79 Å². The number of hydrogen-bond acceptors (Lipinski definition) is 3. The van der Waals surface area contributed by atoms with Crippen molar-refractivity contribution >= 4 is 5.91 Å². The van der Waals surface area contributed by atoms with Crippen molar-refractivity contribution in [2.45, 2.75) is 37.6 Å². The number of aliphatic hydroxyl groups is 1. The number of nitrogens with one attached hydrogen (secondary N) is 1. The summed E-state index contributed by atoms with van der Waals surface area (Å²) in [5, 5.41) is 12.6. The van der Waals surface area contributed by atoms with Crippen molar-refractivity contribution in [1.29, 1.82) is 0 Å². The molecule has 0 radical (unpaired) electrons. The highest BCUT2D eigenvalue weighted by Crippen LogP contribution is 2.27. The monoisotopic (exact) mass is 214 g/mol. The Bertz CT molecular complexity index is 211. The minimum Gasteiger partial charge on any atom is -0.394 e. The molecule has 15 heavy (non-hydrogen) atoms. The summed E-state index contributed by atoms with van der Waals surface area (Å²) < 4.78 is 0. The molecule has 1 aliphatic carbocycles. The molecule has 1 aliphatic rings. The van der Waals surface area contributed by atoms with E-state index in [1.165, 1.54) is 6.42 Å². The van der Waals surface area contributed by atoms with Crippen LogP contribution >= 0.6 is 0 Å². The molecule has 0 aliphatic heterocycles. The Morgan fingerprint density at radius 1 is 1.33 bits per heavy atom. The molecule has 0 saturated heterocycles. The van der Waals surface area contributed by atoms with Crippen LogP contribution in [-0.4, -0.2) is 48.7 Å². The van der Waals surface area contributed by atoms with E-state index in [1.807, 2.05) is 0 Å². The maximum atomic E-state index is 11.4. The first kappa shape index (κ1) is 12.5. The summed E-state index contributed by atoms with van der Waals surface area (Å²) in [6, 6.07) is 0. The summed E-state index contributed by atoms with van der Waals surface area (Å²) in [5.41, 5.74) is -0.204. The van der Waals surface area contributed by atoms with E-state index in [2.05, 4.69) is 5.32 Å². The van der Waals surface area contributed by atoms with Crippen LogP contribution in [0.5, 0.6) is 0 Å². The molecule has 0 bridgehead atoms. The minimum absolute atomic E-state index is 0.0633. The predicted octanol–water partition coefficient (Wildman–Crippen LogP) is 0.359. The summed E-state index contributed by atoms with van der Waals surface area (Å²) in [6.45, 7) is 0.460. The van der Waals surface area contributed by atoms with E-state index in [-0.39, 0.29) is 18.1 Å². The first-order valence-electron chi connectivity index (χ1n) is 5.66. The minimum atomic E-state index is -0.204. The van der Waals surface area contributed by atoms with E-state index in [0.717, 1.165) is 25.7 Å². The molecule has 0 aromatic carbocycles. The lowest BCUT2D eigenvalue weighted by Crippen LogP contribution is -2.52. The number of carbonyl (C=O) groups excluding carboxylic acids is 1. The van der Waals surface area contributed by atoms with Crippen molar-refractivity contribution in [2.75, 3.05) is 27.2 Å². The summed E-state index contributed by atoms with van der Waals surface area (Å²) in [7, 11) is 3.49. The van der Waals surface area contributed by atoms with E-state index in [1.54, 1.807) is 19.0 Å². The highest BCUT2D eigenvalue weighted by atomic mass is 16.3.